The van der Waals surface area contributed by atoms with Crippen molar-refractivity contribution in [3.63, 3.8) is 0 Å². The number of rotatable bonds is 2. The van der Waals surface area contributed by atoms with Crippen molar-refractivity contribution >= 4 is 11.8 Å². The van der Waals surface area contributed by atoms with E-state index >= 15 is 0 Å². The van der Waals surface area contributed by atoms with Crippen LogP contribution in [0.4, 0.5) is 10.5 Å². The monoisotopic (exact) mass is 260 g/mol. The van der Waals surface area contributed by atoms with Crippen LogP contribution in [0.3, 0.4) is 0 Å². The Kier molecular flexibility index (Phi) is 3.42. The fourth-order valence-corrected chi connectivity index (χ4v) is 3.06. The third kappa shape index (κ3) is 2.73. The van der Waals surface area contributed by atoms with Gasteiger partial charge in [-0.2, -0.15) is 0 Å². The molecule has 1 saturated carbocycles. The van der Waals surface area contributed by atoms with Gasteiger partial charge in [0.15, 0.2) is 0 Å². The predicted octanol–water partition coefficient (Wildman–Crippen LogP) is 2.73. The molecule has 1 fully saturated rings. The molecule has 4 heteroatoms. The first kappa shape index (κ1) is 12.5. The maximum absolute atomic E-state index is 10.7. The quantitative estimate of drug-likeness (QED) is 0.859. The van der Waals surface area contributed by atoms with E-state index < -0.39 is 6.09 Å². The summed E-state index contributed by atoms with van der Waals surface area (Å²) in [6.07, 6.45) is 5.19. The van der Waals surface area contributed by atoms with Crippen molar-refractivity contribution in [3.8, 4) is 0 Å². The van der Waals surface area contributed by atoms with Gasteiger partial charge in [-0.05, 0) is 48.9 Å². The number of benzene rings is 1. The number of nitrogens with zero attached hydrogens (tertiary/aromatic N) is 1. The number of nitrogens with one attached hydrogen (secondary N) is 1. The van der Waals surface area contributed by atoms with Crippen molar-refractivity contribution in [1.82, 2.24) is 4.90 Å². The Morgan fingerprint density at radius 1 is 1.21 bits per heavy atom. The Balaban J connectivity index is 1.72. The zero-order valence-electron chi connectivity index (χ0n) is 11.1. The molecule has 2 aliphatic rings. The molecule has 1 aliphatic carbocycles. The van der Waals surface area contributed by atoms with Gasteiger partial charge in [-0.25, -0.2) is 4.79 Å². The lowest BCUT2D eigenvalue weighted by atomic mass is 9.91. The lowest BCUT2D eigenvalue weighted by Crippen LogP contribution is -2.41. The maximum Gasteiger partial charge on any atom is 0.409 e. The number of carboxylic acid groups (broad SMARTS) is 1. The highest BCUT2D eigenvalue weighted by atomic mass is 16.4. The lowest BCUT2D eigenvalue weighted by Gasteiger charge is -2.36. The summed E-state index contributed by atoms with van der Waals surface area (Å²) in [4.78, 5) is 13.3. The predicted molar refractivity (Wildman–Crippen MR) is 74.7 cm³/mol. The smallest absolute Gasteiger partial charge is 0.409 e. The Labute approximate surface area is 113 Å². The fraction of sp³-hybridized carbons (Fsp3) is 0.533. The molecule has 1 aromatic carbocycles. The van der Waals surface area contributed by atoms with Gasteiger partial charge in [0.05, 0.1) is 0 Å². The van der Waals surface area contributed by atoms with E-state index in [9.17, 15) is 4.79 Å². The first-order valence-corrected chi connectivity index (χ1v) is 7.08. The van der Waals surface area contributed by atoms with E-state index in [1.54, 1.807) is 0 Å². The number of fused-ring (bicyclic) bond motifs is 1. The zero-order valence-corrected chi connectivity index (χ0v) is 11.1. The molecule has 1 amide bonds. The van der Waals surface area contributed by atoms with Gasteiger partial charge in [0.1, 0.15) is 0 Å². The summed E-state index contributed by atoms with van der Waals surface area (Å²) in [5.41, 5.74) is 3.36. The van der Waals surface area contributed by atoms with E-state index in [0.717, 1.165) is 32.0 Å². The molecule has 0 atom stereocenters. The van der Waals surface area contributed by atoms with Crippen LogP contribution in [0, 0.1) is 0 Å². The molecule has 0 unspecified atom stereocenters. The third-order valence-corrected chi connectivity index (χ3v) is 4.39. The first-order chi connectivity index (χ1) is 9.22. The van der Waals surface area contributed by atoms with Crippen molar-refractivity contribution in [3.05, 3.63) is 29.3 Å². The van der Waals surface area contributed by atoms with Gasteiger partial charge in [-0.15, -0.1) is 0 Å². The van der Waals surface area contributed by atoms with Crippen molar-refractivity contribution in [2.24, 2.45) is 0 Å². The molecule has 19 heavy (non-hydrogen) atoms. The number of anilines is 1. The standard InChI is InChI=1S/C15H20N2O2/c18-15(19)16-13-5-4-11-6-8-17(14-2-1-3-14)9-7-12(11)10-13/h4-5,10,14,16H,1-3,6-9H2,(H,18,19). The van der Waals surface area contributed by atoms with Crippen LogP contribution in [0.1, 0.15) is 30.4 Å². The largest absolute Gasteiger partial charge is 0.465 e. The van der Waals surface area contributed by atoms with Gasteiger partial charge < -0.3 is 5.11 Å². The highest BCUT2D eigenvalue weighted by Crippen LogP contribution is 2.28. The maximum atomic E-state index is 10.7. The van der Waals surface area contributed by atoms with Crippen LogP contribution >= 0.6 is 0 Å². The average molecular weight is 260 g/mol. The van der Waals surface area contributed by atoms with Crippen molar-refractivity contribution in [2.75, 3.05) is 18.4 Å². The summed E-state index contributed by atoms with van der Waals surface area (Å²) in [6, 6.07) is 6.73. The van der Waals surface area contributed by atoms with Crippen LogP contribution in [-0.4, -0.2) is 35.2 Å². The van der Waals surface area contributed by atoms with Gasteiger partial charge in [0.2, 0.25) is 0 Å². The van der Waals surface area contributed by atoms with E-state index in [4.69, 9.17) is 5.11 Å². The summed E-state index contributed by atoms with van der Waals surface area (Å²) in [7, 11) is 0. The molecule has 1 aliphatic heterocycles. The lowest BCUT2D eigenvalue weighted by molar-refractivity contribution is 0.133. The number of hydrogen-bond acceptors (Lipinski definition) is 2. The Morgan fingerprint density at radius 2 is 1.95 bits per heavy atom. The number of amides is 1. The minimum absolute atomic E-state index is 0.684. The second kappa shape index (κ2) is 5.21. The van der Waals surface area contributed by atoms with E-state index in [-0.39, 0.29) is 0 Å². The van der Waals surface area contributed by atoms with Crippen LogP contribution < -0.4 is 5.32 Å². The van der Waals surface area contributed by atoms with E-state index in [0.29, 0.717) is 5.69 Å². The van der Waals surface area contributed by atoms with Crippen LogP contribution in [0.2, 0.25) is 0 Å². The molecule has 1 aromatic rings. The molecular weight excluding hydrogens is 240 g/mol. The van der Waals surface area contributed by atoms with Crippen molar-refractivity contribution in [1.29, 1.82) is 0 Å². The molecule has 0 bridgehead atoms. The number of hydrogen-bond donors (Lipinski definition) is 2. The second-order valence-electron chi connectivity index (χ2n) is 5.53. The van der Waals surface area contributed by atoms with Crippen LogP contribution in [0.25, 0.3) is 0 Å². The normalized spacial score (nSPS) is 20.2. The molecule has 0 saturated heterocycles. The Hall–Kier alpha value is -1.55. The van der Waals surface area contributed by atoms with Gasteiger partial charge in [0.25, 0.3) is 0 Å². The van der Waals surface area contributed by atoms with Gasteiger partial charge in [-0.1, -0.05) is 12.5 Å². The fourth-order valence-electron chi connectivity index (χ4n) is 3.06. The molecule has 4 nitrogen and oxygen atoms in total. The number of carbonyl (C=O) groups is 1. The van der Waals surface area contributed by atoms with E-state index in [1.807, 2.05) is 12.1 Å². The highest BCUT2D eigenvalue weighted by molar-refractivity contribution is 5.83. The molecule has 3 rings (SSSR count). The topological polar surface area (TPSA) is 52.6 Å². The van der Waals surface area contributed by atoms with Crippen molar-refractivity contribution in [2.45, 2.75) is 38.1 Å². The minimum Gasteiger partial charge on any atom is -0.465 e. The summed E-state index contributed by atoms with van der Waals surface area (Å²) in [5, 5.41) is 11.2. The Morgan fingerprint density at radius 3 is 2.58 bits per heavy atom. The first-order valence-electron chi connectivity index (χ1n) is 7.08. The zero-order chi connectivity index (χ0) is 13.2. The highest BCUT2D eigenvalue weighted by Gasteiger charge is 2.26. The second-order valence-corrected chi connectivity index (χ2v) is 5.53. The van der Waals surface area contributed by atoms with Gasteiger partial charge in [0, 0.05) is 24.8 Å². The molecule has 1 heterocycles. The van der Waals surface area contributed by atoms with Crippen LogP contribution in [-0.2, 0) is 12.8 Å². The van der Waals surface area contributed by atoms with E-state index in [2.05, 4.69) is 16.3 Å². The van der Waals surface area contributed by atoms with E-state index in [1.165, 1.54) is 30.4 Å². The van der Waals surface area contributed by atoms with Crippen LogP contribution in [0.15, 0.2) is 18.2 Å². The van der Waals surface area contributed by atoms with Crippen molar-refractivity contribution < 1.29 is 9.90 Å². The third-order valence-electron chi connectivity index (χ3n) is 4.39. The molecule has 0 radical (unpaired) electrons. The summed E-state index contributed by atoms with van der Waals surface area (Å²) in [5.74, 6) is 0. The average Bonchev–Trinajstić information content (AvgIpc) is 2.49. The SMILES string of the molecule is O=C(O)Nc1ccc2c(c1)CCN(C1CCC1)CC2. The van der Waals surface area contributed by atoms with Gasteiger partial charge in [-0.3, -0.25) is 10.2 Å². The molecule has 0 spiro atoms. The summed E-state index contributed by atoms with van der Waals surface area (Å²) in [6.45, 7) is 2.25. The summed E-state index contributed by atoms with van der Waals surface area (Å²) < 4.78 is 0. The van der Waals surface area contributed by atoms with Crippen LogP contribution in [0.5, 0.6) is 0 Å². The molecular formula is C15H20N2O2. The minimum atomic E-state index is -0.996. The van der Waals surface area contributed by atoms with Gasteiger partial charge >= 0.3 is 6.09 Å². The molecule has 2 N–H and O–H groups in total. The molecule has 102 valence electrons. The molecule has 0 aromatic heterocycles. The Bertz CT molecular complexity index is 483. The summed E-state index contributed by atoms with van der Waals surface area (Å²) >= 11 is 0.